The Balaban J connectivity index is 0.00000481. The molecule has 0 saturated heterocycles. The van der Waals surface area contributed by atoms with Crippen LogP contribution in [0.2, 0.25) is 10.0 Å². The number of H-pyrrole nitrogens is 1. The fourth-order valence-corrected chi connectivity index (χ4v) is 3.73. The Morgan fingerprint density at radius 2 is 1.95 bits per heavy atom. The Hall–Kier alpha value is -3.81. The van der Waals surface area contributed by atoms with Gasteiger partial charge in [0.05, 0.1) is 42.2 Å². The fourth-order valence-electron chi connectivity index (χ4n) is 3.22. The molecule has 0 fully saturated rings. The van der Waals surface area contributed by atoms with Crippen molar-refractivity contribution in [1.82, 2.24) is 20.9 Å². The Kier molecular flexibility index (Phi) is 10.3. The molecule has 37 heavy (non-hydrogen) atoms. The van der Waals surface area contributed by atoms with Crippen molar-refractivity contribution in [2.75, 3.05) is 25.0 Å². The molecular weight excluding hydrogens is 531 g/mol. The van der Waals surface area contributed by atoms with Gasteiger partial charge in [-0.3, -0.25) is 24.2 Å². The Bertz CT molecular complexity index is 1270. The minimum Gasteiger partial charge on any atom is -0.506 e. The molecule has 1 aliphatic heterocycles. The number of guanidine groups is 1. The second-order valence-electron chi connectivity index (χ2n) is 7.71. The number of benzene rings is 1. The highest BCUT2D eigenvalue weighted by atomic mass is 35.5. The zero-order valence-corrected chi connectivity index (χ0v) is 20.0. The summed E-state index contributed by atoms with van der Waals surface area (Å²) in [5.41, 5.74) is -0.513. The highest BCUT2D eigenvalue weighted by Crippen LogP contribution is 2.36. The second-order valence-corrected chi connectivity index (χ2v) is 8.55. The molecule has 2 aromatic rings. The van der Waals surface area contributed by atoms with Crippen molar-refractivity contribution in [3.05, 3.63) is 55.9 Å². The van der Waals surface area contributed by atoms with Gasteiger partial charge < -0.3 is 41.6 Å². The molecule has 2 atom stereocenters. The molecule has 1 aromatic heterocycles. The van der Waals surface area contributed by atoms with Crippen LogP contribution in [0.5, 0.6) is 5.75 Å². The lowest BCUT2D eigenvalue weighted by Crippen LogP contribution is -2.43. The first-order valence-electron chi connectivity index (χ1n) is 10.5. The van der Waals surface area contributed by atoms with Gasteiger partial charge in [-0.15, -0.1) is 0 Å². The lowest BCUT2D eigenvalue weighted by Gasteiger charge is -2.20. The summed E-state index contributed by atoms with van der Waals surface area (Å²) in [5, 5.41) is 39.2. The maximum atomic E-state index is 12.5. The summed E-state index contributed by atoms with van der Waals surface area (Å²) in [6.45, 7) is -0.163. The first-order valence-corrected chi connectivity index (χ1v) is 11.2. The van der Waals surface area contributed by atoms with Gasteiger partial charge in [0.15, 0.2) is 5.96 Å². The zero-order valence-electron chi connectivity index (χ0n) is 18.5. The van der Waals surface area contributed by atoms with Gasteiger partial charge >= 0.3 is 5.97 Å². The molecule has 1 aromatic carbocycles. The van der Waals surface area contributed by atoms with Gasteiger partial charge in [-0.05, 0) is 18.2 Å². The van der Waals surface area contributed by atoms with Crippen LogP contribution in [0.3, 0.4) is 0 Å². The third kappa shape index (κ3) is 8.10. The lowest BCUT2D eigenvalue weighted by molar-refractivity contribution is -0.137. The average Bonchev–Trinajstić information content (AvgIpc) is 2.82. The molecule has 13 nitrogen and oxygen atoms in total. The third-order valence-electron chi connectivity index (χ3n) is 4.94. The molecular formula is C22H26Cl2N6O7. The first-order chi connectivity index (χ1) is 17.0. The van der Waals surface area contributed by atoms with Gasteiger partial charge in [0.1, 0.15) is 11.4 Å². The molecule has 0 radical (unpaired) electrons. The molecule has 0 bridgehead atoms. The van der Waals surface area contributed by atoms with Crippen LogP contribution >= 0.6 is 23.2 Å². The topological polar surface area (TPSA) is 205 Å². The van der Waals surface area contributed by atoms with Crippen LogP contribution in [-0.4, -0.2) is 69.8 Å². The molecule has 0 saturated carbocycles. The van der Waals surface area contributed by atoms with Crippen molar-refractivity contribution < 1.29 is 29.7 Å². The summed E-state index contributed by atoms with van der Waals surface area (Å²) in [7, 11) is 0. The van der Waals surface area contributed by atoms with Crippen molar-refractivity contribution in [3.8, 4) is 5.75 Å². The minimum absolute atomic E-state index is 0. The van der Waals surface area contributed by atoms with Crippen molar-refractivity contribution in [1.29, 1.82) is 0 Å². The molecule has 2 unspecified atom stereocenters. The summed E-state index contributed by atoms with van der Waals surface area (Å²) in [4.78, 5) is 54.8. The summed E-state index contributed by atoms with van der Waals surface area (Å²) >= 11 is 11.8. The number of halogens is 2. The van der Waals surface area contributed by atoms with Crippen LogP contribution in [0.4, 0.5) is 5.69 Å². The molecule has 2 heterocycles. The zero-order chi connectivity index (χ0) is 26.4. The summed E-state index contributed by atoms with van der Waals surface area (Å²) in [5.74, 6) is -2.92. The number of carboxylic acid groups (broad SMARTS) is 1. The Morgan fingerprint density at radius 3 is 2.59 bits per heavy atom. The van der Waals surface area contributed by atoms with E-state index >= 15 is 0 Å². The van der Waals surface area contributed by atoms with E-state index in [1.54, 1.807) is 0 Å². The number of phenols is 1. The number of aliphatic hydroxyl groups is 1. The maximum absolute atomic E-state index is 12.5. The van der Waals surface area contributed by atoms with E-state index in [4.69, 9.17) is 23.2 Å². The van der Waals surface area contributed by atoms with Crippen molar-refractivity contribution >= 4 is 52.6 Å². The number of aliphatic hydroxyl groups excluding tert-OH is 1. The average molecular weight is 557 g/mol. The molecule has 8 N–H and O–H groups in total. The predicted molar refractivity (Wildman–Crippen MR) is 137 cm³/mol. The van der Waals surface area contributed by atoms with E-state index in [1.807, 2.05) is 0 Å². The van der Waals surface area contributed by atoms with Crippen molar-refractivity contribution in [3.63, 3.8) is 0 Å². The molecule has 2 amide bonds. The van der Waals surface area contributed by atoms with Gasteiger partial charge in [0, 0.05) is 23.3 Å². The quantitative estimate of drug-likeness (QED) is 0.231. The molecule has 1 aliphatic rings. The van der Waals surface area contributed by atoms with Gasteiger partial charge in [-0.25, -0.2) is 0 Å². The van der Waals surface area contributed by atoms with E-state index in [1.165, 1.54) is 18.2 Å². The Morgan fingerprint density at radius 1 is 1.22 bits per heavy atom. The monoisotopic (exact) mass is 556 g/mol. The number of amides is 2. The number of aliphatic imine (C=N–C) groups is 1. The number of carbonyl (C=O) groups excluding carboxylic acids is 2. The number of aromatic nitrogens is 1. The van der Waals surface area contributed by atoms with Crippen molar-refractivity contribution in [2.24, 2.45) is 4.99 Å². The number of nitrogens with zero attached hydrogens (tertiary/aromatic N) is 1. The van der Waals surface area contributed by atoms with E-state index in [-0.39, 0.29) is 53.3 Å². The van der Waals surface area contributed by atoms with Crippen molar-refractivity contribution in [2.45, 2.75) is 26.0 Å². The summed E-state index contributed by atoms with van der Waals surface area (Å²) < 4.78 is 0. The first kappa shape index (κ1) is 29.4. The normalized spacial score (nSPS) is 15.3. The number of aromatic hydroxyl groups is 1. The number of rotatable bonds is 8. The van der Waals surface area contributed by atoms with E-state index in [0.29, 0.717) is 0 Å². The number of aromatic amines is 1. The Labute approximate surface area is 220 Å². The minimum atomic E-state index is -1.26. The number of aliphatic carboxylic acids is 1. The van der Waals surface area contributed by atoms with Gasteiger partial charge in [0.25, 0.3) is 11.5 Å². The number of pyridine rings is 1. The van der Waals surface area contributed by atoms with Crippen LogP contribution in [0.15, 0.2) is 34.2 Å². The molecule has 15 heteroatoms. The maximum Gasteiger partial charge on any atom is 0.305 e. The van der Waals surface area contributed by atoms with E-state index < -0.39 is 54.2 Å². The van der Waals surface area contributed by atoms with Crippen LogP contribution in [0, 0.1) is 0 Å². The van der Waals surface area contributed by atoms with Gasteiger partial charge in [0.2, 0.25) is 5.91 Å². The van der Waals surface area contributed by atoms with Crippen LogP contribution < -0.4 is 26.8 Å². The predicted octanol–water partition coefficient (Wildman–Crippen LogP) is 0.817. The van der Waals surface area contributed by atoms with Gasteiger partial charge in [-0.2, -0.15) is 0 Å². The lowest BCUT2D eigenvalue weighted by atomic mass is 10.0. The number of hydrogen-bond acceptors (Lipinski definition) is 9. The van der Waals surface area contributed by atoms with E-state index in [2.05, 4.69) is 31.2 Å². The third-order valence-corrected chi connectivity index (χ3v) is 5.45. The van der Waals surface area contributed by atoms with E-state index in [0.717, 1.165) is 6.20 Å². The van der Waals surface area contributed by atoms with E-state index in [9.17, 15) is 34.5 Å². The fraction of sp³-hybridized carbons (Fsp3) is 0.318. The number of phenolic OH excluding ortho intramolecular Hbond substituents is 1. The highest BCUT2D eigenvalue weighted by molar-refractivity contribution is 6.35. The number of hydrogen-bond donors (Lipinski definition) is 8. The second kappa shape index (κ2) is 12.9. The van der Waals surface area contributed by atoms with Crippen LogP contribution in [0.1, 0.15) is 35.8 Å². The number of carbonyl (C=O) groups is 3. The molecule has 0 spiro atoms. The number of nitrogens with one attached hydrogen (secondary N) is 5. The number of β-amino-alcohol motifs (C(OH)–C–C–N with tert-alkyl or cyclic N) is 1. The highest BCUT2D eigenvalue weighted by Gasteiger charge is 2.23. The molecule has 0 aliphatic carbocycles. The largest absolute Gasteiger partial charge is 0.506 e. The summed E-state index contributed by atoms with van der Waals surface area (Å²) in [6, 6.07) is 2.60. The standard InChI is InChI=1S/C21H22Cl2N6O7.CH4/c22-10-2-12(18(34)13(23)3-10)14(4-17(32)33)28-16(31)8-25-19(35)9-1-15(20(36)24-5-9)29-21-26-6-11(30)7-27-21;/h1-3,5,11,14,30,34H,4,6-8H2,(H,24,36)(H,25,35)(H,28,31)(H,32,33)(H2,26,27,29);1H4. The molecule has 3 rings (SSSR count). The molecule has 200 valence electrons. The smallest absolute Gasteiger partial charge is 0.305 e. The number of carboxylic acids is 1. The summed E-state index contributed by atoms with van der Waals surface area (Å²) in [6.07, 6.45) is -0.0831. The number of anilines is 1. The van der Waals surface area contributed by atoms with Crippen LogP contribution in [-0.2, 0) is 9.59 Å². The van der Waals surface area contributed by atoms with Crippen LogP contribution in [0.25, 0.3) is 0 Å². The SMILES string of the molecule is C.O=C(O)CC(NC(=O)CNC(=O)c1c[nH]c(=O)c(NC2=NCC(O)CN2)c1)c1cc(Cl)cc(Cl)c1O. The van der Waals surface area contributed by atoms with Gasteiger partial charge in [-0.1, -0.05) is 30.6 Å².